The predicted octanol–water partition coefficient (Wildman–Crippen LogP) is -0.0124. The van der Waals surface area contributed by atoms with Crippen molar-refractivity contribution in [3.05, 3.63) is 0 Å². The summed E-state index contributed by atoms with van der Waals surface area (Å²) >= 11 is 0. The third-order valence-electron chi connectivity index (χ3n) is 2.78. The van der Waals surface area contributed by atoms with Crippen molar-refractivity contribution >= 4 is 12.1 Å². The summed E-state index contributed by atoms with van der Waals surface area (Å²) in [6, 6.07) is 0. The molecule has 0 unspecified atom stereocenters. The van der Waals surface area contributed by atoms with Gasteiger partial charge < -0.3 is 14.7 Å². The molecule has 1 heterocycles. The second kappa shape index (κ2) is 4.69. The van der Waals surface area contributed by atoms with Crippen LogP contribution < -0.4 is 0 Å². The summed E-state index contributed by atoms with van der Waals surface area (Å²) in [5, 5.41) is 8.62. The van der Waals surface area contributed by atoms with Crippen LogP contribution in [-0.4, -0.2) is 65.8 Å². The Hall–Kier alpha value is -1.30. The van der Waals surface area contributed by atoms with E-state index in [0.717, 1.165) is 12.8 Å². The van der Waals surface area contributed by atoms with Gasteiger partial charge >= 0.3 is 12.1 Å². The molecule has 0 aromatic rings. The van der Waals surface area contributed by atoms with Crippen molar-refractivity contribution in [3.63, 3.8) is 0 Å². The normalized spacial score (nSPS) is 21.9. The summed E-state index contributed by atoms with van der Waals surface area (Å²) in [4.78, 5) is 25.5. The summed E-state index contributed by atoms with van der Waals surface area (Å²) in [6.07, 6.45) is 1.83. The first-order valence-electron chi connectivity index (χ1n) is 5.55. The number of rotatable bonds is 3. The van der Waals surface area contributed by atoms with Gasteiger partial charge in [-0.15, -0.1) is 0 Å². The number of carbonyl (C=O) groups excluding carboxylic acids is 1. The van der Waals surface area contributed by atoms with E-state index in [4.69, 9.17) is 9.84 Å². The second-order valence-corrected chi connectivity index (χ2v) is 4.24. The lowest BCUT2D eigenvalue weighted by Crippen LogP contribution is -2.50. The lowest BCUT2D eigenvalue weighted by molar-refractivity contribution is -0.138. The van der Waals surface area contributed by atoms with Gasteiger partial charge in [0.05, 0.1) is 6.54 Å². The predicted molar refractivity (Wildman–Crippen MR) is 55.2 cm³/mol. The van der Waals surface area contributed by atoms with Gasteiger partial charge in [-0.1, -0.05) is 0 Å². The zero-order valence-electron chi connectivity index (χ0n) is 9.09. The highest BCUT2D eigenvalue weighted by Gasteiger charge is 2.30. The molecule has 1 aliphatic carbocycles. The second-order valence-electron chi connectivity index (χ2n) is 4.24. The van der Waals surface area contributed by atoms with Crippen LogP contribution >= 0.6 is 0 Å². The third kappa shape index (κ3) is 3.10. The Morgan fingerprint density at radius 3 is 2.31 bits per heavy atom. The van der Waals surface area contributed by atoms with Crippen LogP contribution in [0.3, 0.4) is 0 Å². The molecule has 2 rings (SSSR count). The number of ether oxygens (including phenoxy) is 1. The Labute approximate surface area is 93.8 Å². The lowest BCUT2D eigenvalue weighted by Gasteiger charge is -2.33. The number of carboxylic acids is 1. The average Bonchev–Trinajstić information content (AvgIpc) is 3.01. The Bertz CT molecular complexity index is 283. The van der Waals surface area contributed by atoms with Crippen LogP contribution in [0.2, 0.25) is 0 Å². The van der Waals surface area contributed by atoms with Gasteiger partial charge in [0.1, 0.15) is 6.10 Å². The third-order valence-corrected chi connectivity index (χ3v) is 2.78. The molecule has 6 nitrogen and oxygen atoms in total. The fourth-order valence-corrected chi connectivity index (χ4v) is 1.68. The van der Waals surface area contributed by atoms with Crippen molar-refractivity contribution < 1.29 is 19.4 Å². The highest BCUT2D eigenvalue weighted by molar-refractivity contribution is 5.69. The molecule has 0 bridgehead atoms. The first-order valence-corrected chi connectivity index (χ1v) is 5.55. The highest BCUT2D eigenvalue weighted by atomic mass is 16.6. The van der Waals surface area contributed by atoms with Crippen molar-refractivity contribution in [1.82, 2.24) is 9.80 Å². The molecule has 1 aliphatic heterocycles. The average molecular weight is 228 g/mol. The van der Waals surface area contributed by atoms with Crippen molar-refractivity contribution in [2.75, 3.05) is 32.7 Å². The summed E-state index contributed by atoms with van der Waals surface area (Å²) in [6.45, 7) is 2.36. The van der Waals surface area contributed by atoms with Crippen LogP contribution in [0.15, 0.2) is 0 Å². The summed E-state index contributed by atoms with van der Waals surface area (Å²) in [5.74, 6) is -0.825. The molecule has 90 valence electrons. The molecule has 0 radical (unpaired) electrons. The zero-order chi connectivity index (χ0) is 11.5. The maximum atomic E-state index is 11.5. The SMILES string of the molecule is O=C(O)CN1CCN(C(=O)OC2CC2)CC1. The maximum absolute atomic E-state index is 11.5. The first-order chi connectivity index (χ1) is 7.65. The molecule has 1 amide bonds. The zero-order valence-corrected chi connectivity index (χ0v) is 9.09. The number of carbonyl (C=O) groups is 2. The Morgan fingerprint density at radius 1 is 1.19 bits per heavy atom. The van der Waals surface area contributed by atoms with E-state index in [0.29, 0.717) is 26.2 Å². The van der Waals surface area contributed by atoms with Gasteiger partial charge in [0.15, 0.2) is 0 Å². The molecule has 16 heavy (non-hydrogen) atoms. The largest absolute Gasteiger partial charge is 0.480 e. The number of nitrogens with zero attached hydrogens (tertiary/aromatic N) is 2. The van der Waals surface area contributed by atoms with Crippen molar-refractivity contribution in [3.8, 4) is 0 Å². The number of hydrogen-bond donors (Lipinski definition) is 1. The van der Waals surface area contributed by atoms with Crippen LogP contribution in [0.25, 0.3) is 0 Å². The molecule has 1 saturated heterocycles. The number of carboxylic acid groups (broad SMARTS) is 1. The van der Waals surface area contributed by atoms with Crippen LogP contribution in [0.1, 0.15) is 12.8 Å². The lowest BCUT2D eigenvalue weighted by atomic mass is 10.3. The Balaban J connectivity index is 1.71. The first kappa shape index (κ1) is 11.2. The number of piperazine rings is 1. The van der Waals surface area contributed by atoms with E-state index >= 15 is 0 Å². The van der Waals surface area contributed by atoms with Gasteiger partial charge in [0, 0.05) is 26.2 Å². The monoisotopic (exact) mass is 228 g/mol. The number of hydrogen-bond acceptors (Lipinski definition) is 4. The van der Waals surface area contributed by atoms with Gasteiger partial charge in [0.2, 0.25) is 0 Å². The van der Waals surface area contributed by atoms with Gasteiger partial charge in [-0.25, -0.2) is 4.79 Å². The quantitative estimate of drug-likeness (QED) is 0.735. The molecule has 1 saturated carbocycles. The number of aliphatic carboxylic acids is 1. The van der Waals surface area contributed by atoms with Gasteiger partial charge in [0.25, 0.3) is 0 Å². The molecular weight excluding hydrogens is 212 g/mol. The highest BCUT2D eigenvalue weighted by Crippen LogP contribution is 2.24. The topological polar surface area (TPSA) is 70.1 Å². The fourth-order valence-electron chi connectivity index (χ4n) is 1.68. The fraction of sp³-hybridized carbons (Fsp3) is 0.800. The Kier molecular flexibility index (Phi) is 3.28. The molecule has 6 heteroatoms. The minimum atomic E-state index is -0.825. The van der Waals surface area contributed by atoms with Crippen LogP contribution in [-0.2, 0) is 9.53 Å². The van der Waals surface area contributed by atoms with E-state index < -0.39 is 5.97 Å². The molecule has 0 atom stereocenters. The van der Waals surface area contributed by atoms with Crippen molar-refractivity contribution in [1.29, 1.82) is 0 Å². The van der Waals surface area contributed by atoms with Crippen LogP contribution in [0, 0.1) is 0 Å². The van der Waals surface area contributed by atoms with Crippen molar-refractivity contribution in [2.24, 2.45) is 0 Å². The standard InChI is InChI=1S/C10H16N2O4/c13-9(14)7-11-3-5-12(6-4-11)10(15)16-8-1-2-8/h8H,1-7H2,(H,13,14). The summed E-state index contributed by atoms with van der Waals surface area (Å²) in [5.41, 5.74) is 0. The van der Waals surface area contributed by atoms with Gasteiger partial charge in [-0.05, 0) is 12.8 Å². The molecule has 0 spiro atoms. The Morgan fingerprint density at radius 2 is 1.81 bits per heavy atom. The molecule has 0 aromatic heterocycles. The van der Waals surface area contributed by atoms with E-state index in [1.54, 1.807) is 4.90 Å². The van der Waals surface area contributed by atoms with Crippen LogP contribution in [0.5, 0.6) is 0 Å². The van der Waals surface area contributed by atoms with E-state index in [1.165, 1.54) is 0 Å². The van der Waals surface area contributed by atoms with E-state index in [2.05, 4.69) is 0 Å². The van der Waals surface area contributed by atoms with Gasteiger partial charge in [-0.2, -0.15) is 0 Å². The van der Waals surface area contributed by atoms with Gasteiger partial charge in [-0.3, -0.25) is 9.69 Å². The minimum absolute atomic E-state index is 0.0471. The van der Waals surface area contributed by atoms with Crippen molar-refractivity contribution in [2.45, 2.75) is 18.9 Å². The van der Waals surface area contributed by atoms with E-state index in [9.17, 15) is 9.59 Å². The number of amides is 1. The van der Waals surface area contributed by atoms with Crippen LogP contribution in [0.4, 0.5) is 4.79 Å². The smallest absolute Gasteiger partial charge is 0.410 e. The molecule has 0 aromatic carbocycles. The maximum Gasteiger partial charge on any atom is 0.410 e. The summed E-state index contributed by atoms with van der Waals surface area (Å²) < 4.78 is 5.17. The molecular formula is C10H16N2O4. The minimum Gasteiger partial charge on any atom is -0.480 e. The van der Waals surface area contributed by atoms with E-state index in [1.807, 2.05) is 4.90 Å². The molecule has 2 fully saturated rings. The molecule has 1 N–H and O–H groups in total. The molecule has 2 aliphatic rings. The van der Waals surface area contributed by atoms with E-state index in [-0.39, 0.29) is 18.7 Å². The summed E-state index contributed by atoms with van der Waals surface area (Å²) in [7, 11) is 0.